The van der Waals surface area contributed by atoms with E-state index in [1.54, 1.807) is 17.5 Å². The molecular weight excluding hydrogens is 308 g/mol. The summed E-state index contributed by atoms with van der Waals surface area (Å²) in [5.41, 5.74) is 1.95. The van der Waals surface area contributed by atoms with E-state index in [9.17, 15) is 0 Å². The molecular formula is C16H20N6S. The average Bonchev–Trinajstić information content (AvgIpc) is 3.28. The molecule has 1 aliphatic rings. The molecule has 0 radical (unpaired) electrons. The maximum absolute atomic E-state index is 4.72. The number of aromatic nitrogens is 4. The SMILES string of the molecule is CCN(C)C1CCN(c2nn3cc(-c4cccnc4)nc3s2)C1. The van der Waals surface area contributed by atoms with E-state index in [1.165, 1.54) is 6.42 Å². The molecule has 3 aromatic rings. The first kappa shape index (κ1) is 14.6. The number of anilines is 1. The number of fused-ring (bicyclic) bond motifs is 1. The predicted molar refractivity (Wildman–Crippen MR) is 93.0 cm³/mol. The van der Waals surface area contributed by atoms with E-state index < -0.39 is 0 Å². The van der Waals surface area contributed by atoms with Crippen molar-refractivity contribution in [3.05, 3.63) is 30.7 Å². The third-order valence-corrected chi connectivity index (χ3v) is 5.53. The van der Waals surface area contributed by atoms with Gasteiger partial charge in [-0.3, -0.25) is 4.98 Å². The van der Waals surface area contributed by atoms with Gasteiger partial charge < -0.3 is 9.80 Å². The Morgan fingerprint density at radius 2 is 2.35 bits per heavy atom. The molecule has 1 aliphatic heterocycles. The van der Waals surface area contributed by atoms with Gasteiger partial charge in [-0.15, -0.1) is 5.10 Å². The van der Waals surface area contributed by atoms with E-state index in [2.05, 4.69) is 33.7 Å². The van der Waals surface area contributed by atoms with Gasteiger partial charge in [-0.1, -0.05) is 18.3 Å². The number of nitrogens with zero attached hydrogens (tertiary/aromatic N) is 6. The van der Waals surface area contributed by atoms with Crippen LogP contribution in [0.15, 0.2) is 30.7 Å². The minimum atomic E-state index is 0.627. The molecule has 1 atom stereocenters. The lowest BCUT2D eigenvalue weighted by Crippen LogP contribution is -2.34. The molecule has 0 bridgehead atoms. The summed E-state index contributed by atoms with van der Waals surface area (Å²) in [4.78, 5) is 14.6. The smallest absolute Gasteiger partial charge is 0.214 e. The first-order chi connectivity index (χ1) is 11.2. The molecule has 0 N–H and O–H groups in total. The Kier molecular flexibility index (Phi) is 3.74. The second kappa shape index (κ2) is 5.90. The molecule has 0 spiro atoms. The van der Waals surface area contributed by atoms with Crippen molar-refractivity contribution < 1.29 is 0 Å². The van der Waals surface area contributed by atoms with Crippen molar-refractivity contribution in [2.24, 2.45) is 0 Å². The zero-order valence-corrected chi connectivity index (χ0v) is 14.2. The van der Waals surface area contributed by atoms with Gasteiger partial charge in [0.25, 0.3) is 0 Å². The fourth-order valence-corrected chi connectivity index (χ4v) is 3.92. The van der Waals surface area contributed by atoms with Crippen LogP contribution in [0, 0.1) is 0 Å². The van der Waals surface area contributed by atoms with Crippen molar-refractivity contribution in [1.82, 2.24) is 24.5 Å². The number of imidazole rings is 1. The highest BCUT2D eigenvalue weighted by molar-refractivity contribution is 7.20. The Morgan fingerprint density at radius 1 is 1.43 bits per heavy atom. The lowest BCUT2D eigenvalue weighted by atomic mass is 10.2. The maximum atomic E-state index is 4.72. The lowest BCUT2D eigenvalue weighted by Gasteiger charge is -2.22. The summed E-state index contributed by atoms with van der Waals surface area (Å²) in [5.74, 6) is 0. The molecule has 0 amide bonds. The van der Waals surface area contributed by atoms with Crippen molar-refractivity contribution >= 4 is 21.4 Å². The molecule has 3 aromatic heterocycles. The van der Waals surface area contributed by atoms with Crippen LogP contribution in [0.4, 0.5) is 5.13 Å². The molecule has 6 nitrogen and oxygen atoms in total. The lowest BCUT2D eigenvalue weighted by molar-refractivity contribution is 0.272. The zero-order chi connectivity index (χ0) is 15.8. The molecule has 23 heavy (non-hydrogen) atoms. The standard InChI is InChI=1S/C16H20N6S/c1-3-20(2)13-6-8-21(10-13)16-19-22-11-14(18-15(22)23-16)12-5-4-7-17-9-12/h4-5,7,9,11,13H,3,6,8,10H2,1-2H3. The number of hydrogen-bond donors (Lipinski definition) is 0. The Labute approximate surface area is 139 Å². The Bertz CT molecular complexity index is 764. The van der Waals surface area contributed by atoms with Crippen LogP contribution in [-0.2, 0) is 0 Å². The van der Waals surface area contributed by atoms with E-state index in [0.717, 1.165) is 41.0 Å². The van der Waals surface area contributed by atoms with Crippen LogP contribution in [0.1, 0.15) is 13.3 Å². The summed E-state index contributed by atoms with van der Waals surface area (Å²) in [7, 11) is 2.20. The van der Waals surface area contributed by atoms with Crippen molar-refractivity contribution in [3.63, 3.8) is 0 Å². The quantitative estimate of drug-likeness (QED) is 0.736. The summed E-state index contributed by atoms with van der Waals surface area (Å²) < 4.78 is 1.89. The molecule has 1 unspecified atom stereocenters. The van der Waals surface area contributed by atoms with Crippen molar-refractivity contribution in [3.8, 4) is 11.3 Å². The van der Waals surface area contributed by atoms with Gasteiger partial charge >= 0.3 is 0 Å². The maximum Gasteiger partial charge on any atom is 0.214 e. The van der Waals surface area contributed by atoms with Crippen LogP contribution in [0.2, 0.25) is 0 Å². The van der Waals surface area contributed by atoms with Crippen molar-refractivity contribution in [2.45, 2.75) is 19.4 Å². The molecule has 0 aliphatic carbocycles. The van der Waals surface area contributed by atoms with E-state index in [4.69, 9.17) is 5.10 Å². The highest BCUT2D eigenvalue weighted by atomic mass is 32.1. The molecule has 120 valence electrons. The third-order valence-electron chi connectivity index (χ3n) is 4.55. The minimum absolute atomic E-state index is 0.627. The van der Waals surface area contributed by atoms with Gasteiger partial charge in [-0.25, -0.2) is 9.50 Å². The number of rotatable bonds is 4. The second-order valence-electron chi connectivity index (χ2n) is 5.94. The molecule has 4 rings (SSSR count). The average molecular weight is 328 g/mol. The van der Waals surface area contributed by atoms with Gasteiger partial charge in [-0.2, -0.15) is 0 Å². The molecule has 4 heterocycles. The van der Waals surface area contributed by atoms with Gasteiger partial charge in [0.05, 0.1) is 11.9 Å². The second-order valence-corrected chi connectivity index (χ2v) is 6.88. The van der Waals surface area contributed by atoms with Gasteiger partial charge in [0, 0.05) is 37.1 Å². The van der Waals surface area contributed by atoms with Crippen LogP contribution < -0.4 is 4.90 Å². The van der Waals surface area contributed by atoms with Crippen molar-refractivity contribution in [2.75, 3.05) is 31.6 Å². The number of hydrogen-bond acceptors (Lipinski definition) is 6. The summed E-state index contributed by atoms with van der Waals surface area (Å²) >= 11 is 1.66. The molecule has 0 aromatic carbocycles. The van der Waals surface area contributed by atoms with Crippen LogP contribution in [0.3, 0.4) is 0 Å². The van der Waals surface area contributed by atoms with E-state index in [1.807, 2.05) is 29.0 Å². The van der Waals surface area contributed by atoms with Crippen LogP contribution >= 0.6 is 11.3 Å². The van der Waals surface area contributed by atoms with Gasteiger partial charge in [-0.05, 0) is 32.1 Å². The monoisotopic (exact) mass is 328 g/mol. The molecule has 7 heteroatoms. The molecule has 1 fully saturated rings. The van der Waals surface area contributed by atoms with Crippen molar-refractivity contribution in [1.29, 1.82) is 0 Å². The highest BCUT2D eigenvalue weighted by Gasteiger charge is 2.27. The Balaban J connectivity index is 1.56. The molecule has 1 saturated heterocycles. The largest absolute Gasteiger partial charge is 0.345 e. The third kappa shape index (κ3) is 2.70. The Morgan fingerprint density at radius 3 is 3.09 bits per heavy atom. The van der Waals surface area contributed by atoms with Crippen LogP contribution in [-0.4, -0.2) is 57.2 Å². The van der Waals surface area contributed by atoms with Gasteiger partial charge in [0.2, 0.25) is 10.1 Å². The van der Waals surface area contributed by atoms with Gasteiger partial charge in [0.1, 0.15) is 0 Å². The van der Waals surface area contributed by atoms with Crippen LogP contribution in [0.5, 0.6) is 0 Å². The predicted octanol–water partition coefficient (Wildman–Crippen LogP) is 2.38. The number of likely N-dealkylation sites (N-methyl/N-ethyl adjacent to an activating group) is 1. The fraction of sp³-hybridized carbons (Fsp3) is 0.438. The molecule has 0 saturated carbocycles. The van der Waals surface area contributed by atoms with E-state index >= 15 is 0 Å². The van der Waals surface area contributed by atoms with E-state index in [-0.39, 0.29) is 0 Å². The zero-order valence-electron chi connectivity index (χ0n) is 13.4. The van der Waals surface area contributed by atoms with Crippen LogP contribution in [0.25, 0.3) is 16.2 Å². The normalized spacial score (nSPS) is 18.4. The van der Waals surface area contributed by atoms with E-state index in [0.29, 0.717) is 6.04 Å². The Hall–Kier alpha value is -1.99. The first-order valence-corrected chi connectivity index (χ1v) is 8.78. The number of pyridine rings is 1. The fourth-order valence-electron chi connectivity index (χ4n) is 3.00. The summed E-state index contributed by atoms with van der Waals surface area (Å²) in [6.07, 6.45) is 6.79. The highest BCUT2D eigenvalue weighted by Crippen LogP contribution is 2.29. The van der Waals surface area contributed by atoms with Gasteiger partial charge in [0.15, 0.2) is 0 Å². The topological polar surface area (TPSA) is 49.6 Å². The summed E-state index contributed by atoms with van der Waals surface area (Å²) in [6.45, 7) is 5.42. The summed E-state index contributed by atoms with van der Waals surface area (Å²) in [6, 6.07) is 4.57. The minimum Gasteiger partial charge on any atom is -0.345 e. The summed E-state index contributed by atoms with van der Waals surface area (Å²) in [5, 5.41) is 5.79. The first-order valence-electron chi connectivity index (χ1n) is 7.96.